The molecule has 1 nitrogen and oxygen atoms in total. The summed E-state index contributed by atoms with van der Waals surface area (Å²) in [6.07, 6.45) is 3.63. The molecule has 1 aromatic rings. The van der Waals surface area contributed by atoms with E-state index in [0.29, 0.717) is 11.7 Å². The van der Waals surface area contributed by atoms with E-state index in [4.69, 9.17) is 0 Å². The lowest BCUT2D eigenvalue weighted by Gasteiger charge is -2.12. The van der Waals surface area contributed by atoms with Crippen LogP contribution >= 0.6 is 11.3 Å². The molecule has 0 saturated carbocycles. The Balaban J connectivity index is 2.19. The number of carbonyl (C=O) groups is 1. The van der Waals surface area contributed by atoms with Crippen molar-refractivity contribution in [2.24, 2.45) is 11.8 Å². The first-order valence-electron chi connectivity index (χ1n) is 5.75. The van der Waals surface area contributed by atoms with E-state index in [2.05, 4.69) is 19.9 Å². The van der Waals surface area contributed by atoms with E-state index in [1.165, 1.54) is 29.7 Å². The van der Waals surface area contributed by atoms with Crippen molar-refractivity contribution >= 4 is 17.1 Å². The molecule has 1 aliphatic rings. The first kappa shape index (κ1) is 10.9. The maximum Gasteiger partial charge on any atom is 0.175 e. The van der Waals surface area contributed by atoms with Gasteiger partial charge >= 0.3 is 0 Å². The van der Waals surface area contributed by atoms with Crippen LogP contribution in [0.15, 0.2) is 6.07 Å². The van der Waals surface area contributed by atoms with Crippen LogP contribution in [-0.2, 0) is 12.8 Å². The fourth-order valence-corrected chi connectivity index (χ4v) is 3.27. The van der Waals surface area contributed by atoms with Crippen molar-refractivity contribution in [3.05, 3.63) is 21.4 Å². The Morgan fingerprint density at radius 1 is 1.33 bits per heavy atom. The Hall–Kier alpha value is -0.630. The summed E-state index contributed by atoms with van der Waals surface area (Å²) < 4.78 is 0. The minimum atomic E-state index is 0.156. The molecule has 0 radical (unpaired) electrons. The number of fused-ring (bicyclic) bond motifs is 1. The number of hydrogen-bond acceptors (Lipinski definition) is 2. The molecule has 0 aliphatic heterocycles. The van der Waals surface area contributed by atoms with Crippen LogP contribution < -0.4 is 0 Å². The van der Waals surface area contributed by atoms with Gasteiger partial charge in [-0.3, -0.25) is 4.79 Å². The fourth-order valence-electron chi connectivity index (χ4n) is 1.98. The summed E-state index contributed by atoms with van der Waals surface area (Å²) in [4.78, 5) is 14.5. The highest BCUT2D eigenvalue weighted by atomic mass is 32.1. The normalized spacial score (nSPS) is 16.8. The third-order valence-electron chi connectivity index (χ3n) is 3.40. The van der Waals surface area contributed by atoms with Gasteiger partial charge in [0.2, 0.25) is 0 Å². The third-order valence-corrected chi connectivity index (χ3v) is 4.65. The zero-order valence-electron chi connectivity index (χ0n) is 9.67. The van der Waals surface area contributed by atoms with Crippen LogP contribution in [0.1, 0.15) is 47.3 Å². The molecule has 0 amide bonds. The predicted molar refractivity (Wildman–Crippen MR) is 64.7 cm³/mol. The first-order valence-corrected chi connectivity index (χ1v) is 6.57. The summed E-state index contributed by atoms with van der Waals surface area (Å²) in [7, 11) is 0. The molecule has 1 aromatic heterocycles. The molecule has 1 heterocycles. The largest absolute Gasteiger partial charge is 0.293 e. The summed E-state index contributed by atoms with van der Waals surface area (Å²) in [6.45, 7) is 6.27. The summed E-state index contributed by atoms with van der Waals surface area (Å²) >= 11 is 1.73. The van der Waals surface area contributed by atoms with Crippen LogP contribution in [0.2, 0.25) is 0 Å². The lowest BCUT2D eigenvalue weighted by molar-refractivity contribution is 0.0904. The maximum atomic E-state index is 12.1. The van der Waals surface area contributed by atoms with Gasteiger partial charge in [0.25, 0.3) is 0 Å². The molecule has 0 spiro atoms. The smallest absolute Gasteiger partial charge is 0.175 e. The minimum Gasteiger partial charge on any atom is -0.293 e. The first-order chi connectivity index (χ1) is 7.09. The highest BCUT2D eigenvalue weighted by Gasteiger charge is 2.23. The van der Waals surface area contributed by atoms with Gasteiger partial charge in [-0.05, 0) is 36.8 Å². The van der Waals surface area contributed by atoms with Crippen molar-refractivity contribution in [3.8, 4) is 0 Å². The number of rotatable bonds is 3. The van der Waals surface area contributed by atoms with E-state index in [-0.39, 0.29) is 5.92 Å². The van der Waals surface area contributed by atoms with Gasteiger partial charge in [0.1, 0.15) is 0 Å². The minimum absolute atomic E-state index is 0.156. The number of aryl methyl sites for hydroxylation is 2. The zero-order valence-corrected chi connectivity index (χ0v) is 10.5. The molecule has 2 heteroatoms. The van der Waals surface area contributed by atoms with E-state index >= 15 is 0 Å². The number of hydrogen-bond donors (Lipinski definition) is 0. The van der Waals surface area contributed by atoms with Crippen LogP contribution in [0.25, 0.3) is 0 Å². The van der Waals surface area contributed by atoms with Gasteiger partial charge in [-0.1, -0.05) is 20.8 Å². The van der Waals surface area contributed by atoms with E-state index in [1.54, 1.807) is 11.3 Å². The topological polar surface area (TPSA) is 17.1 Å². The highest BCUT2D eigenvalue weighted by Crippen LogP contribution is 2.32. The van der Waals surface area contributed by atoms with Gasteiger partial charge in [0.15, 0.2) is 5.78 Å². The van der Waals surface area contributed by atoms with E-state index < -0.39 is 0 Å². The molecule has 1 unspecified atom stereocenters. The maximum absolute atomic E-state index is 12.1. The molecule has 82 valence electrons. The number of ketones is 1. The van der Waals surface area contributed by atoms with Crippen molar-refractivity contribution in [2.75, 3.05) is 0 Å². The van der Waals surface area contributed by atoms with Gasteiger partial charge in [-0.25, -0.2) is 0 Å². The monoisotopic (exact) mass is 222 g/mol. The van der Waals surface area contributed by atoms with Crippen LogP contribution in [0.4, 0.5) is 0 Å². The van der Waals surface area contributed by atoms with Gasteiger partial charge in [-0.2, -0.15) is 0 Å². The zero-order chi connectivity index (χ0) is 11.0. The average molecular weight is 222 g/mol. The molecule has 1 atom stereocenters. The van der Waals surface area contributed by atoms with Gasteiger partial charge in [0, 0.05) is 10.8 Å². The van der Waals surface area contributed by atoms with Gasteiger partial charge in [-0.15, -0.1) is 11.3 Å². The van der Waals surface area contributed by atoms with Crippen LogP contribution in [0.5, 0.6) is 0 Å². The summed E-state index contributed by atoms with van der Waals surface area (Å²) in [5.41, 5.74) is 1.43. The van der Waals surface area contributed by atoms with Crippen molar-refractivity contribution < 1.29 is 4.79 Å². The predicted octanol–water partition coefficient (Wildman–Crippen LogP) is 3.71. The molecular weight excluding hydrogens is 204 g/mol. The van der Waals surface area contributed by atoms with E-state index in [9.17, 15) is 4.79 Å². The Morgan fingerprint density at radius 2 is 2.07 bits per heavy atom. The molecule has 0 aromatic carbocycles. The number of carbonyl (C=O) groups excluding carboxylic acids is 1. The Kier molecular flexibility index (Phi) is 2.96. The number of Topliss-reactive ketones (excluding diaryl/α,β-unsaturated/α-hetero) is 1. The molecule has 0 N–H and O–H groups in total. The molecule has 0 saturated heterocycles. The molecule has 0 fully saturated rings. The highest BCUT2D eigenvalue weighted by molar-refractivity contribution is 7.14. The standard InChI is InChI=1S/C13H18OS/c1-8(2)9(3)13(14)12-7-10-5-4-6-11(10)15-12/h7-9H,4-6H2,1-3H3. The Bertz CT molecular complexity index is 354. The van der Waals surface area contributed by atoms with Gasteiger partial charge < -0.3 is 0 Å². The second kappa shape index (κ2) is 4.09. The van der Waals surface area contributed by atoms with Crippen molar-refractivity contribution in [2.45, 2.75) is 40.0 Å². The van der Waals surface area contributed by atoms with Crippen molar-refractivity contribution in [1.82, 2.24) is 0 Å². The molecule has 0 bridgehead atoms. The Morgan fingerprint density at radius 3 is 2.67 bits per heavy atom. The molecular formula is C13H18OS. The second-order valence-corrected chi connectivity index (χ2v) is 5.95. The average Bonchev–Trinajstić information content (AvgIpc) is 2.74. The lowest BCUT2D eigenvalue weighted by Crippen LogP contribution is -2.15. The SMILES string of the molecule is CC(C)C(C)C(=O)c1cc2c(s1)CCC2. The molecule has 15 heavy (non-hydrogen) atoms. The fraction of sp³-hybridized carbons (Fsp3) is 0.615. The summed E-state index contributed by atoms with van der Waals surface area (Å²) in [5, 5.41) is 0. The van der Waals surface area contributed by atoms with Crippen LogP contribution in [-0.4, -0.2) is 5.78 Å². The third kappa shape index (κ3) is 2.00. The van der Waals surface area contributed by atoms with E-state index in [1.807, 2.05) is 6.92 Å². The van der Waals surface area contributed by atoms with E-state index in [0.717, 1.165) is 4.88 Å². The quantitative estimate of drug-likeness (QED) is 0.712. The molecule has 2 rings (SSSR count). The van der Waals surface area contributed by atoms with Crippen molar-refractivity contribution in [1.29, 1.82) is 0 Å². The molecule has 1 aliphatic carbocycles. The number of thiophene rings is 1. The summed E-state index contributed by atoms with van der Waals surface area (Å²) in [6, 6.07) is 2.13. The summed E-state index contributed by atoms with van der Waals surface area (Å²) in [5.74, 6) is 0.933. The Labute approximate surface area is 95.5 Å². The van der Waals surface area contributed by atoms with Crippen molar-refractivity contribution in [3.63, 3.8) is 0 Å². The van der Waals surface area contributed by atoms with Crippen LogP contribution in [0.3, 0.4) is 0 Å². The second-order valence-electron chi connectivity index (χ2n) is 4.81. The lowest BCUT2D eigenvalue weighted by atomic mass is 9.93. The van der Waals surface area contributed by atoms with Gasteiger partial charge in [0.05, 0.1) is 4.88 Å². The van der Waals surface area contributed by atoms with Crippen LogP contribution in [0, 0.1) is 11.8 Å².